The van der Waals surface area contributed by atoms with E-state index in [0.29, 0.717) is 12.1 Å². The highest BCUT2D eigenvalue weighted by Gasteiger charge is 2.49. The van der Waals surface area contributed by atoms with Crippen LogP contribution in [-0.4, -0.2) is 44.9 Å². The predicted molar refractivity (Wildman–Crippen MR) is 103 cm³/mol. The maximum Gasteiger partial charge on any atom is 0.258 e. The van der Waals surface area contributed by atoms with Gasteiger partial charge in [-0.3, -0.25) is 4.79 Å². The number of fused-ring (bicyclic) bond motifs is 1. The van der Waals surface area contributed by atoms with Crippen molar-refractivity contribution in [3.05, 3.63) is 41.7 Å². The van der Waals surface area contributed by atoms with Crippen LogP contribution in [0.4, 0.5) is 0 Å². The van der Waals surface area contributed by atoms with Crippen LogP contribution < -0.4 is 0 Å². The number of rotatable bonds is 4. The van der Waals surface area contributed by atoms with Gasteiger partial charge in [0.2, 0.25) is 0 Å². The second-order valence-electron chi connectivity index (χ2n) is 8.52. The molecule has 25 heavy (non-hydrogen) atoms. The topological polar surface area (TPSA) is 38.8 Å². The fourth-order valence-electron chi connectivity index (χ4n) is 3.47. The van der Waals surface area contributed by atoms with Crippen LogP contribution in [0.15, 0.2) is 36.1 Å². The fourth-order valence-corrected chi connectivity index (χ4v) is 4.83. The first-order valence-electron chi connectivity index (χ1n) is 8.98. The molecule has 1 aromatic rings. The van der Waals surface area contributed by atoms with Crippen molar-refractivity contribution in [1.29, 1.82) is 0 Å². The summed E-state index contributed by atoms with van der Waals surface area (Å²) in [7, 11) is -0.184. The normalized spacial score (nSPS) is 24.1. The van der Waals surface area contributed by atoms with Gasteiger partial charge in [0.25, 0.3) is 5.91 Å². The number of methoxy groups -OCH3 is 1. The molecule has 0 spiro atoms. The third-order valence-corrected chi connectivity index (χ3v) is 10.4. The molecule has 1 fully saturated rings. The molecule has 0 N–H and O–H groups in total. The first-order chi connectivity index (χ1) is 11.7. The lowest BCUT2D eigenvalue weighted by molar-refractivity contribution is -0.124. The van der Waals surface area contributed by atoms with Gasteiger partial charge in [-0.1, -0.05) is 51.1 Å². The van der Waals surface area contributed by atoms with Gasteiger partial charge in [-0.25, -0.2) is 0 Å². The van der Waals surface area contributed by atoms with Crippen LogP contribution in [0.2, 0.25) is 18.1 Å². The Bertz CT molecular complexity index is 691. The highest BCUT2D eigenvalue weighted by atomic mass is 28.4. The molecular formula is C20H29NO3Si. The van der Waals surface area contributed by atoms with Crippen molar-refractivity contribution in [1.82, 2.24) is 4.90 Å². The molecule has 1 saturated heterocycles. The van der Waals surface area contributed by atoms with E-state index in [-0.39, 0.29) is 23.1 Å². The molecule has 136 valence electrons. The smallest absolute Gasteiger partial charge is 0.258 e. The van der Waals surface area contributed by atoms with E-state index in [1.165, 1.54) is 0 Å². The number of benzene rings is 1. The summed E-state index contributed by atoms with van der Waals surface area (Å²) >= 11 is 0. The SMILES string of the molecule is COC1=C(c2ccccc2)C(=O)N2CC(O[Si](C)(C)C(C)(C)C)CC12. The summed E-state index contributed by atoms with van der Waals surface area (Å²) in [4.78, 5) is 14.9. The van der Waals surface area contributed by atoms with Gasteiger partial charge >= 0.3 is 0 Å². The number of carbonyl (C=O) groups excluding carboxylic acids is 1. The minimum Gasteiger partial charge on any atom is -0.498 e. The number of ether oxygens (including phenoxy) is 1. The standard InChI is InChI=1S/C20H29NO3Si/c1-20(2,3)25(5,6)24-15-12-16-18(23-4)17(19(22)21(16)13-15)14-10-8-7-9-11-14/h7-11,15-16H,12-13H2,1-6H3. The fraction of sp³-hybridized carbons (Fsp3) is 0.550. The first kappa shape index (κ1) is 18.2. The van der Waals surface area contributed by atoms with Gasteiger partial charge in [-0.2, -0.15) is 0 Å². The second-order valence-corrected chi connectivity index (χ2v) is 13.3. The first-order valence-corrected chi connectivity index (χ1v) is 11.9. The monoisotopic (exact) mass is 359 g/mol. The van der Waals surface area contributed by atoms with Crippen molar-refractivity contribution in [2.45, 2.75) is 57.5 Å². The van der Waals surface area contributed by atoms with Crippen molar-refractivity contribution in [2.75, 3.05) is 13.7 Å². The van der Waals surface area contributed by atoms with Crippen LogP contribution in [-0.2, 0) is 14.0 Å². The van der Waals surface area contributed by atoms with Gasteiger partial charge in [0.15, 0.2) is 8.32 Å². The van der Waals surface area contributed by atoms with E-state index < -0.39 is 8.32 Å². The quantitative estimate of drug-likeness (QED) is 0.761. The van der Waals surface area contributed by atoms with Crippen LogP contribution in [0.1, 0.15) is 32.8 Å². The van der Waals surface area contributed by atoms with Crippen molar-refractivity contribution < 1.29 is 14.0 Å². The van der Waals surface area contributed by atoms with E-state index >= 15 is 0 Å². The van der Waals surface area contributed by atoms with Gasteiger partial charge in [-0.15, -0.1) is 0 Å². The largest absolute Gasteiger partial charge is 0.498 e. The summed E-state index contributed by atoms with van der Waals surface area (Å²) in [6.45, 7) is 11.9. The zero-order chi connectivity index (χ0) is 18.4. The van der Waals surface area contributed by atoms with E-state index in [1.54, 1.807) is 7.11 Å². The Morgan fingerprint density at radius 2 is 1.80 bits per heavy atom. The van der Waals surface area contributed by atoms with E-state index in [1.807, 2.05) is 35.2 Å². The molecule has 4 nitrogen and oxygen atoms in total. The lowest BCUT2D eigenvalue weighted by Gasteiger charge is -2.38. The maximum absolute atomic E-state index is 13.0. The molecule has 1 aromatic carbocycles. The average molecular weight is 360 g/mol. The van der Waals surface area contributed by atoms with Crippen LogP contribution in [0.3, 0.4) is 0 Å². The van der Waals surface area contributed by atoms with E-state index in [4.69, 9.17) is 9.16 Å². The molecule has 2 heterocycles. The molecule has 2 atom stereocenters. The summed E-state index contributed by atoms with van der Waals surface area (Å²) < 4.78 is 12.2. The molecule has 3 rings (SSSR count). The zero-order valence-electron chi connectivity index (χ0n) is 16.1. The number of hydrogen-bond acceptors (Lipinski definition) is 3. The molecule has 0 bridgehead atoms. The Balaban J connectivity index is 1.84. The summed E-state index contributed by atoms with van der Waals surface area (Å²) in [5.74, 6) is 0.854. The third kappa shape index (κ3) is 3.15. The van der Waals surface area contributed by atoms with Crippen molar-refractivity contribution in [3.63, 3.8) is 0 Å². The number of hydrogen-bond donors (Lipinski definition) is 0. The van der Waals surface area contributed by atoms with Gasteiger partial charge in [-0.05, 0) is 23.7 Å². The van der Waals surface area contributed by atoms with Gasteiger partial charge < -0.3 is 14.1 Å². The Labute approximate surface area is 151 Å². The highest BCUT2D eigenvalue weighted by molar-refractivity contribution is 6.74. The Morgan fingerprint density at radius 3 is 2.36 bits per heavy atom. The van der Waals surface area contributed by atoms with Crippen LogP contribution >= 0.6 is 0 Å². The number of nitrogens with zero attached hydrogens (tertiary/aromatic N) is 1. The van der Waals surface area contributed by atoms with Crippen LogP contribution in [0.5, 0.6) is 0 Å². The maximum atomic E-state index is 13.0. The Kier molecular flexibility index (Phi) is 4.58. The molecule has 2 aliphatic rings. The van der Waals surface area contributed by atoms with Gasteiger partial charge in [0, 0.05) is 13.0 Å². The summed E-state index contributed by atoms with van der Waals surface area (Å²) in [5, 5.41) is 0.166. The van der Waals surface area contributed by atoms with E-state index in [2.05, 4.69) is 33.9 Å². The minimum atomic E-state index is -1.85. The molecule has 0 radical (unpaired) electrons. The van der Waals surface area contributed by atoms with E-state index in [0.717, 1.165) is 17.7 Å². The lowest BCUT2D eigenvalue weighted by atomic mass is 10.0. The van der Waals surface area contributed by atoms with E-state index in [9.17, 15) is 4.79 Å². The number of amides is 1. The summed E-state index contributed by atoms with van der Waals surface area (Å²) in [6.07, 6.45) is 0.912. The minimum absolute atomic E-state index is 0.00229. The third-order valence-electron chi connectivity index (χ3n) is 5.84. The van der Waals surface area contributed by atoms with Crippen molar-refractivity contribution in [2.24, 2.45) is 0 Å². The molecule has 5 heteroatoms. The molecule has 2 aliphatic heterocycles. The average Bonchev–Trinajstić information content (AvgIpc) is 3.04. The van der Waals surface area contributed by atoms with Crippen molar-refractivity contribution in [3.8, 4) is 0 Å². The molecule has 2 unspecified atom stereocenters. The van der Waals surface area contributed by atoms with Crippen LogP contribution in [0.25, 0.3) is 5.57 Å². The lowest BCUT2D eigenvalue weighted by Crippen LogP contribution is -2.44. The summed E-state index contributed by atoms with van der Waals surface area (Å²) in [5.41, 5.74) is 1.64. The molecule has 0 saturated carbocycles. The van der Waals surface area contributed by atoms with Gasteiger partial charge in [0.05, 0.1) is 24.8 Å². The highest BCUT2D eigenvalue weighted by Crippen LogP contribution is 2.43. The molecule has 0 aromatic heterocycles. The zero-order valence-corrected chi connectivity index (χ0v) is 17.1. The second kappa shape index (κ2) is 6.29. The van der Waals surface area contributed by atoms with Crippen molar-refractivity contribution >= 4 is 19.8 Å². The molecule has 0 aliphatic carbocycles. The Morgan fingerprint density at radius 1 is 1.16 bits per heavy atom. The number of carbonyl (C=O) groups is 1. The molecular weight excluding hydrogens is 330 g/mol. The Hall–Kier alpha value is -1.59. The van der Waals surface area contributed by atoms with Gasteiger partial charge in [0.1, 0.15) is 5.76 Å². The molecule has 1 amide bonds. The summed E-state index contributed by atoms with van der Waals surface area (Å²) in [6, 6.07) is 9.81. The predicted octanol–water partition coefficient (Wildman–Crippen LogP) is 4.05. The van der Waals surface area contributed by atoms with Crippen LogP contribution in [0, 0.1) is 0 Å².